The van der Waals surface area contributed by atoms with Crippen LogP contribution in [0.4, 0.5) is 4.39 Å². The van der Waals surface area contributed by atoms with Gasteiger partial charge in [0.25, 0.3) is 0 Å². The lowest BCUT2D eigenvalue weighted by molar-refractivity contribution is 0.288. The Morgan fingerprint density at radius 1 is 1.46 bits per heavy atom. The third kappa shape index (κ3) is 2.78. The number of benzene rings is 1. The molecule has 0 saturated carbocycles. The van der Waals surface area contributed by atoms with E-state index in [4.69, 9.17) is 5.11 Å². The molecular weight excluding hydrogens is 235 g/mol. The molecular formula is C10H12BrFO. The average Bonchev–Trinajstić information content (AvgIpc) is 2.09. The van der Waals surface area contributed by atoms with E-state index in [1.807, 2.05) is 13.0 Å². The van der Waals surface area contributed by atoms with E-state index in [0.717, 1.165) is 11.1 Å². The van der Waals surface area contributed by atoms with Gasteiger partial charge in [-0.15, -0.1) is 0 Å². The summed E-state index contributed by atoms with van der Waals surface area (Å²) in [7, 11) is 0. The van der Waals surface area contributed by atoms with Gasteiger partial charge in [0, 0.05) is 6.61 Å². The minimum atomic E-state index is -0.229. The third-order valence-corrected chi connectivity index (χ3v) is 2.74. The van der Waals surface area contributed by atoms with E-state index < -0.39 is 0 Å². The van der Waals surface area contributed by atoms with Crippen molar-refractivity contribution < 1.29 is 9.50 Å². The van der Waals surface area contributed by atoms with Gasteiger partial charge in [0.15, 0.2) is 0 Å². The first-order chi connectivity index (χ1) is 6.15. The van der Waals surface area contributed by atoms with Crippen molar-refractivity contribution in [3.05, 3.63) is 33.5 Å². The number of rotatable bonds is 3. The fourth-order valence-corrected chi connectivity index (χ4v) is 1.68. The summed E-state index contributed by atoms with van der Waals surface area (Å²) in [4.78, 5) is 0. The zero-order chi connectivity index (χ0) is 9.84. The smallest absolute Gasteiger partial charge is 0.137 e. The predicted molar refractivity (Wildman–Crippen MR) is 54.2 cm³/mol. The minimum absolute atomic E-state index is 0.141. The Balaban J connectivity index is 2.92. The molecule has 0 unspecified atom stereocenters. The molecule has 0 bridgehead atoms. The molecule has 0 amide bonds. The molecule has 1 N–H and O–H groups in total. The SMILES string of the molecule is Cc1cc(F)c(Br)c(CCCO)c1. The number of aliphatic hydroxyl groups is 1. The fraction of sp³-hybridized carbons (Fsp3) is 0.400. The highest BCUT2D eigenvalue weighted by molar-refractivity contribution is 9.10. The summed E-state index contributed by atoms with van der Waals surface area (Å²) in [5.41, 5.74) is 1.83. The lowest BCUT2D eigenvalue weighted by Gasteiger charge is -2.05. The summed E-state index contributed by atoms with van der Waals surface area (Å²) in [6.45, 7) is 2.00. The van der Waals surface area contributed by atoms with Gasteiger partial charge >= 0.3 is 0 Å². The van der Waals surface area contributed by atoms with E-state index in [-0.39, 0.29) is 12.4 Å². The lowest BCUT2D eigenvalue weighted by Crippen LogP contribution is -1.94. The summed E-state index contributed by atoms with van der Waals surface area (Å²) in [5, 5.41) is 8.65. The third-order valence-electron chi connectivity index (χ3n) is 1.85. The Morgan fingerprint density at radius 3 is 2.77 bits per heavy atom. The molecule has 0 aliphatic heterocycles. The first-order valence-corrected chi connectivity index (χ1v) is 5.00. The minimum Gasteiger partial charge on any atom is -0.396 e. The van der Waals surface area contributed by atoms with Crippen molar-refractivity contribution >= 4 is 15.9 Å². The Kier molecular flexibility index (Phi) is 3.88. The van der Waals surface area contributed by atoms with Crippen LogP contribution in [0.3, 0.4) is 0 Å². The van der Waals surface area contributed by atoms with Crippen molar-refractivity contribution in [3.63, 3.8) is 0 Å². The maximum atomic E-state index is 13.2. The molecule has 1 rings (SSSR count). The number of hydrogen-bond acceptors (Lipinski definition) is 1. The number of aliphatic hydroxyl groups excluding tert-OH is 1. The molecule has 1 nitrogen and oxygen atoms in total. The van der Waals surface area contributed by atoms with Crippen LogP contribution in [0, 0.1) is 12.7 Å². The van der Waals surface area contributed by atoms with Gasteiger partial charge in [-0.05, 0) is 52.9 Å². The van der Waals surface area contributed by atoms with E-state index >= 15 is 0 Å². The van der Waals surface area contributed by atoms with Gasteiger partial charge in [0.1, 0.15) is 5.82 Å². The topological polar surface area (TPSA) is 20.2 Å². The van der Waals surface area contributed by atoms with E-state index in [0.29, 0.717) is 17.3 Å². The van der Waals surface area contributed by atoms with Crippen LogP contribution in [0.1, 0.15) is 17.5 Å². The average molecular weight is 247 g/mol. The molecule has 0 spiro atoms. The number of hydrogen-bond donors (Lipinski definition) is 1. The summed E-state index contributed by atoms with van der Waals surface area (Å²) in [6, 6.07) is 3.43. The number of aryl methyl sites for hydroxylation is 2. The zero-order valence-corrected chi connectivity index (χ0v) is 9.07. The summed E-state index contributed by atoms with van der Waals surface area (Å²) >= 11 is 3.19. The molecule has 0 atom stereocenters. The van der Waals surface area contributed by atoms with E-state index in [2.05, 4.69) is 15.9 Å². The quantitative estimate of drug-likeness (QED) is 0.870. The second-order valence-corrected chi connectivity index (χ2v) is 3.84. The van der Waals surface area contributed by atoms with Crippen molar-refractivity contribution in [2.75, 3.05) is 6.61 Å². The molecule has 0 heterocycles. The van der Waals surface area contributed by atoms with E-state index in [1.54, 1.807) is 0 Å². The molecule has 0 aromatic heterocycles. The van der Waals surface area contributed by atoms with Crippen LogP contribution in [0.25, 0.3) is 0 Å². The summed E-state index contributed by atoms with van der Waals surface area (Å²) in [5.74, 6) is -0.229. The van der Waals surface area contributed by atoms with Crippen LogP contribution in [0.2, 0.25) is 0 Å². The zero-order valence-electron chi connectivity index (χ0n) is 7.48. The summed E-state index contributed by atoms with van der Waals surface area (Å²) in [6.07, 6.45) is 1.37. The van der Waals surface area contributed by atoms with Crippen LogP contribution in [0.15, 0.2) is 16.6 Å². The van der Waals surface area contributed by atoms with Crippen molar-refractivity contribution in [1.29, 1.82) is 0 Å². The highest BCUT2D eigenvalue weighted by Crippen LogP contribution is 2.23. The first kappa shape index (κ1) is 10.7. The highest BCUT2D eigenvalue weighted by Gasteiger charge is 2.06. The van der Waals surface area contributed by atoms with Crippen molar-refractivity contribution in [2.45, 2.75) is 19.8 Å². The normalized spacial score (nSPS) is 10.5. The Labute approximate surface area is 85.7 Å². The number of halogens is 2. The molecule has 1 aromatic rings. The van der Waals surface area contributed by atoms with Crippen molar-refractivity contribution in [1.82, 2.24) is 0 Å². The molecule has 13 heavy (non-hydrogen) atoms. The Bertz CT molecular complexity index is 299. The lowest BCUT2D eigenvalue weighted by atomic mass is 10.1. The Morgan fingerprint density at radius 2 is 2.15 bits per heavy atom. The molecule has 0 aliphatic carbocycles. The first-order valence-electron chi connectivity index (χ1n) is 4.20. The standard InChI is InChI=1S/C10H12BrFO/c1-7-5-8(3-2-4-13)10(11)9(12)6-7/h5-6,13H,2-4H2,1H3. The van der Waals surface area contributed by atoms with Crippen LogP contribution in [-0.4, -0.2) is 11.7 Å². The van der Waals surface area contributed by atoms with Crippen LogP contribution < -0.4 is 0 Å². The predicted octanol–water partition coefficient (Wildman–Crippen LogP) is 2.82. The van der Waals surface area contributed by atoms with Crippen LogP contribution >= 0.6 is 15.9 Å². The highest BCUT2D eigenvalue weighted by atomic mass is 79.9. The molecule has 1 aromatic carbocycles. The van der Waals surface area contributed by atoms with E-state index in [1.165, 1.54) is 6.07 Å². The van der Waals surface area contributed by atoms with Gasteiger partial charge in [-0.2, -0.15) is 0 Å². The van der Waals surface area contributed by atoms with Crippen LogP contribution in [0.5, 0.6) is 0 Å². The molecule has 0 fully saturated rings. The Hall–Kier alpha value is -0.410. The van der Waals surface area contributed by atoms with E-state index in [9.17, 15) is 4.39 Å². The van der Waals surface area contributed by atoms with Gasteiger partial charge in [0.2, 0.25) is 0 Å². The molecule has 0 saturated heterocycles. The molecule has 72 valence electrons. The second kappa shape index (κ2) is 4.72. The van der Waals surface area contributed by atoms with Gasteiger partial charge in [-0.25, -0.2) is 4.39 Å². The molecule has 0 radical (unpaired) electrons. The van der Waals surface area contributed by atoms with Crippen molar-refractivity contribution in [2.24, 2.45) is 0 Å². The fourth-order valence-electron chi connectivity index (χ4n) is 1.25. The summed E-state index contributed by atoms with van der Waals surface area (Å²) < 4.78 is 13.7. The van der Waals surface area contributed by atoms with Crippen molar-refractivity contribution in [3.8, 4) is 0 Å². The van der Waals surface area contributed by atoms with Gasteiger partial charge in [-0.1, -0.05) is 6.07 Å². The monoisotopic (exact) mass is 246 g/mol. The largest absolute Gasteiger partial charge is 0.396 e. The molecule has 3 heteroatoms. The maximum Gasteiger partial charge on any atom is 0.137 e. The molecule has 0 aliphatic rings. The van der Waals surface area contributed by atoms with Gasteiger partial charge < -0.3 is 5.11 Å². The van der Waals surface area contributed by atoms with Gasteiger partial charge in [-0.3, -0.25) is 0 Å². The van der Waals surface area contributed by atoms with Crippen LogP contribution in [-0.2, 0) is 6.42 Å². The maximum absolute atomic E-state index is 13.2. The second-order valence-electron chi connectivity index (χ2n) is 3.05. The van der Waals surface area contributed by atoms with Gasteiger partial charge in [0.05, 0.1) is 4.47 Å².